The van der Waals surface area contributed by atoms with Crippen molar-refractivity contribution in [3.8, 4) is 0 Å². The van der Waals surface area contributed by atoms with E-state index in [-0.39, 0.29) is 12.0 Å². The van der Waals surface area contributed by atoms with Crippen molar-refractivity contribution in [3.63, 3.8) is 0 Å². The van der Waals surface area contributed by atoms with E-state index >= 15 is 0 Å². The minimum Gasteiger partial charge on any atom is -0.382 e. The maximum absolute atomic E-state index is 13.3. The summed E-state index contributed by atoms with van der Waals surface area (Å²) in [6.07, 6.45) is 17.1. The van der Waals surface area contributed by atoms with Crippen LogP contribution in [0, 0.1) is 0 Å². The van der Waals surface area contributed by atoms with Crippen molar-refractivity contribution in [2.24, 2.45) is 0 Å². The van der Waals surface area contributed by atoms with Gasteiger partial charge in [-0.1, -0.05) is 18.2 Å². The van der Waals surface area contributed by atoms with Crippen molar-refractivity contribution in [2.75, 3.05) is 26.7 Å². The minimum atomic E-state index is 0.0563. The van der Waals surface area contributed by atoms with E-state index in [1.807, 2.05) is 48.5 Å². The summed E-state index contributed by atoms with van der Waals surface area (Å²) in [4.78, 5) is 19.6. The van der Waals surface area contributed by atoms with Crippen LogP contribution >= 0.6 is 0 Å². The first kappa shape index (κ1) is 21.1. The van der Waals surface area contributed by atoms with Gasteiger partial charge in [0.05, 0.1) is 23.1 Å². The summed E-state index contributed by atoms with van der Waals surface area (Å²) >= 11 is 0. The lowest BCUT2D eigenvalue weighted by Crippen LogP contribution is -2.37. The third kappa shape index (κ3) is 4.64. The summed E-state index contributed by atoms with van der Waals surface area (Å²) in [6, 6.07) is 5.87. The van der Waals surface area contributed by atoms with Crippen LogP contribution in [0.2, 0.25) is 0 Å². The highest BCUT2D eigenvalue weighted by Gasteiger charge is 2.21. The standard InChI is InChI=1S/C25H30N4O2/c1-3-28(25(30)21-12-13-26-22-9-5-4-8-20(21)22)17-14-27-23-18-19(31-2)10-11-24(23)29-15-6-7-16-29/h4,6-8,11-13,15-16,18-19,27H,3,5,9-10,14,17H2,1-2H3. The number of nitrogens with zero attached hydrogens (tertiary/aromatic N) is 3. The second kappa shape index (κ2) is 9.79. The van der Waals surface area contributed by atoms with Crippen molar-refractivity contribution in [1.82, 2.24) is 19.8 Å². The summed E-state index contributed by atoms with van der Waals surface area (Å²) in [6.45, 7) is 3.95. The summed E-state index contributed by atoms with van der Waals surface area (Å²) in [5.41, 5.74) is 4.87. The van der Waals surface area contributed by atoms with Gasteiger partial charge in [0.2, 0.25) is 0 Å². The van der Waals surface area contributed by atoms with E-state index in [4.69, 9.17) is 4.74 Å². The molecule has 0 fully saturated rings. The predicted molar refractivity (Wildman–Crippen MR) is 123 cm³/mol. The lowest BCUT2D eigenvalue weighted by molar-refractivity contribution is 0.0766. The molecule has 6 nitrogen and oxygen atoms in total. The number of nitrogens with one attached hydrogen (secondary N) is 1. The number of hydrogen-bond donors (Lipinski definition) is 1. The smallest absolute Gasteiger partial charge is 0.254 e. The van der Waals surface area contributed by atoms with Gasteiger partial charge in [-0.2, -0.15) is 0 Å². The van der Waals surface area contributed by atoms with Gasteiger partial charge in [0.25, 0.3) is 5.91 Å². The Morgan fingerprint density at radius 1 is 1.35 bits per heavy atom. The quantitative estimate of drug-likeness (QED) is 0.710. The van der Waals surface area contributed by atoms with Gasteiger partial charge >= 0.3 is 0 Å². The van der Waals surface area contributed by atoms with E-state index in [9.17, 15) is 4.79 Å². The number of hydrogen-bond acceptors (Lipinski definition) is 4. The maximum Gasteiger partial charge on any atom is 0.254 e. The van der Waals surface area contributed by atoms with E-state index < -0.39 is 0 Å². The van der Waals surface area contributed by atoms with E-state index in [1.54, 1.807) is 13.3 Å². The molecule has 0 spiro atoms. The van der Waals surface area contributed by atoms with Gasteiger partial charge in [0, 0.05) is 56.6 Å². The van der Waals surface area contributed by atoms with E-state index in [1.165, 1.54) is 0 Å². The largest absolute Gasteiger partial charge is 0.382 e. The van der Waals surface area contributed by atoms with Gasteiger partial charge in [-0.05, 0) is 50.5 Å². The zero-order valence-electron chi connectivity index (χ0n) is 18.3. The van der Waals surface area contributed by atoms with E-state index in [0.717, 1.165) is 47.5 Å². The van der Waals surface area contributed by atoms with Gasteiger partial charge in [0.15, 0.2) is 0 Å². The fraction of sp³-hybridized carbons (Fsp3) is 0.360. The highest BCUT2D eigenvalue weighted by atomic mass is 16.5. The molecule has 0 saturated heterocycles. The number of aryl methyl sites for hydroxylation is 1. The molecular weight excluding hydrogens is 388 g/mol. The van der Waals surface area contributed by atoms with Crippen molar-refractivity contribution >= 4 is 17.7 Å². The Morgan fingerprint density at radius 2 is 2.19 bits per heavy atom. The summed E-state index contributed by atoms with van der Waals surface area (Å²) in [5, 5.41) is 3.53. The molecule has 2 aliphatic carbocycles. The molecule has 2 aromatic rings. The highest BCUT2D eigenvalue weighted by molar-refractivity contribution is 5.98. The molecule has 162 valence electrons. The Kier molecular flexibility index (Phi) is 6.67. The molecule has 0 aliphatic heterocycles. The van der Waals surface area contributed by atoms with Crippen LogP contribution in [-0.4, -0.2) is 53.2 Å². The van der Waals surface area contributed by atoms with Crippen molar-refractivity contribution in [1.29, 1.82) is 0 Å². The first-order valence-electron chi connectivity index (χ1n) is 11.0. The number of likely N-dealkylation sites (N-methyl/N-ethyl adjacent to an activating group) is 1. The van der Waals surface area contributed by atoms with Gasteiger partial charge in [-0.25, -0.2) is 0 Å². The number of aromatic nitrogens is 2. The van der Waals surface area contributed by atoms with E-state index in [0.29, 0.717) is 19.6 Å². The number of rotatable bonds is 8. The average Bonchev–Trinajstić information content (AvgIpc) is 3.35. The number of allylic oxidation sites excluding steroid dienone is 2. The Morgan fingerprint density at radius 3 is 2.97 bits per heavy atom. The van der Waals surface area contributed by atoms with Crippen LogP contribution in [0.15, 0.2) is 60.7 Å². The molecule has 0 radical (unpaired) electrons. The minimum absolute atomic E-state index is 0.0563. The third-order valence-electron chi connectivity index (χ3n) is 5.86. The van der Waals surface area contributed by atoms with Crippen LogP contribution in [0.1, 0.15) is 41.4 Å². The monoisotopic (exact) mass is 418 g/mol. The highest BCUT2D eigenvalue weighted by Crippen LogP contribution is 2.24. The SMILES string of the molecule is CCN(CCNC1=CC(OC)CC=C1n1cccc1)C(=O)c1ccnc2c1C=CCC2. The lowest BCUT2D eigenvalue weighted by Gasteiger charge is -2.26. The number of amides is 1. The Labute approximate surface area is 183 Å². The van der Waals surface area contributed by atoms with Gasteiger partial charge in [-0.15, -0.1) is 0 Å². The molecule has 31 heavy (non-hydrogen) atoms. The van der Waals surface area contributed by atoms with Crippen LogP contribution in [0.5, 0.6) is 0 Å². The Hall–Kier alpha value is -3.12. The van der Waals surface area contributed by atoms with E-state index in [2.05, 4.69) is 33.1 Å². The molecule has 1 amide bonds. The number of carbonyl (C=O) groups is 1. The first-order chi connectivity index (χ1) is 15.2. The predicted octanol–water partition coefficient (Wildman–Crippen LogP) is 3.74. The number of ether oxygens (including phenoxy) is 1. The molecular formula is C25H30N4O2. The maximum atomic E-state index is 13.3. The van der Waals surface area contributed by atoms with Crippen molar-refractivity contribution < 1.29 is 9.53 Å². The van der Waals surface area contributed by atoms with Crippen LogP contribution in [0.3, 0.4) is 0 Å². The van der Waals surface area contributed by atoms with Crippen molar-refractivity contribution in [2.45, 2.75) is 32.3 Å². The lowest BCUT2D eigenvalue weighted by atomic mass is 9.97. The molecule has 2 heterocycles. The fourth-order valence-corrected chi connectivity index (χ4v) is 4.14. The normalized spacial score (nSPS) is 17.5. The molecule has 1 N–H and O–H groups in total. The summed E-state index contributed by atoms with van der Waals surface area (Å²) < 4.78 is 7.64. The molecule has 0 aromatic carbocycles. The molecule has 4 rings (SSSR count). The topological polar surface area (TPSA) is 59.4 Å². The molecule has 0 bridgehead atoms. The Bertz CT molecular complexity index is 1000. The van der Waals surface area contributed by atoms with Gasteiger partial charge in [-0.3, -0.25) is 9.78 Å². The Balaban J connectivity index is 1.44. The fourth-order valence-electron chi connectivity index (χ4n) is 4.14. The summed E-state index contributed by atoms with van der Waals surface area (Å²) in [5.74, 6) is 0.0584. The number of fused-ring (bicyclic) bond motifs is 1. The average molecular weight is 419 g/mol. The number of carbonyl (C=O) groups excluding carboxylic acids is 1. The number of methoxy groups -OCH3 is 1. The van der Waals surface area contributed by atoms with Crippen LogP contribution < -0.4 is 5.32 Å². The zero-order valence-corrected chi connectivity index (χ0v) is 18.3. The molecule has 2 aromatic heterocycles. The third-order valence-corrected chi connectivity index (χ3v) is 5.86. The molecule has 1 unspecified atom stereocenters. The van der Waals surface area contributed by atoms with Crippen LogP contribution in [0.4, 0.5) is 0 Å². The molecule has 2 aliphatic rings. The van der Waals surface area contributed by atoms with Gasteiger partial charge in [0.1, 0.15) is 0 Å². The second-order valence-electron chi connectivity index (χ2n) is 7.74. The first-order valence-corrected chi connectivity index (χ1v) is 11.0. The molecule has 6 heteroatoms. The molecule has 1 atom stereocenters. The zero-order chi connectivity index (χ0) is 21.6. The van der Waals surface area contributed by atoms with Crippen molar-refractivity contribution in [3.05, 3.63) is 77.5 Å². The summed E-state index contributed by atoms with van der Waals surface area (Å²) in [7, 11) is 1.73. The second-order valence-corrected chi connectivity index (χ2v) is 7.74. The van der Waals surface area contributed by atoms with Crippen LogP contribution in [0.25, 0.3) is 11.8 Å². The van der Waals surface area contributed by atoms with Crippen LogP contribution in [-0.2, 0) is 11.2 Å². The van der Waals surface area contributed by atoms with Gasteiger partial charge < -0.3 is 19.5 Å². The molecule has 0 saturated carbocycles. The number of pyridine rings is 1.